The Bertz CT molecular complexity index is 113. The van der Waals surface area contributed by atoms with Gasteiger partial charge in [-0.25, -0.2) is 0 Å². The molecule has 0 heteroatoms. The molecule has 0 N–H and O–H groups in total. The van der Waals surface area contributed by atoms with E-state index in [1.165, 1.54) is 38.5 Å². The van der Waals surface area contributed by atoms with Crippen molar-refractivity contribution in [1.29, 1.82) is 0 Å². The summed E-state index contributed by atoms with van der Waals surface area (Å²) in [6, 6.07) is 0. The Hall–Kier alpha value is 0. The van der Waals surface area contributed by atoms with Crippen LogP contribution in [0, 0.1) is 17.8 Å². The molecule has 2 unspecified atom stereocenters. The molecule has 0 spiro atoms. The first-order valence-electron chi connectivity index (χ1n) is 5.77. The highest BCUT2D eigenvalue weighted by atomic mass is 14.3. The first-order chi connectivity index (χ1) is 5.77. The Morgan fingerprint density at radius 1 is 1.25 bits per heavy atom. The summed E-state index contributed by atoms with van der Waals surface area (Å²) < 4.78 is 0. The van der Waals surface area contributed by atoms with Crippen molar-refractivity contribution < 1.29 is 0 Å². The van der Waals surface area contributed by atoms with Crippen molar-refractivity contribution >= 4 is 0 Å². The highest BCUT2D eigenvalue weighted by Gasteiger charge is 2.26. The molecule has 0 bridgehead atoms. The molecule has 12 heavy (non-hydrogen) atoms. The summed E-state index contributed by atoms with van der Waals surface area (Å²) in [7, 11) is 0. The summed E-state index contributed by atoms with van der Waals surface area (Å²) in [6.45, 7) is 7.09. The van der Waals surface area contributed by atoms with Crippen molar-refractivity contribution in [3.8, 4) is 0 Å². The molecule has 1 fully saturated rings. The minimum atomic E-state index is 0.963. The number of rotatable bonds is 6. The topological polar surface area (TPSA) is 0 Å². The molecule has 1 saturated carbocycles. The summed E-state index contributed by atoms with van der Waals surface area (Å²) in [4.78, 5) is 0. The standard InChI is InChI=1S/C12H24/c1-4-6-12(10(3)5-2)9-11-7-8-11/h10-12H,4-9H2,1-3H3. The van der Waals surface area contributed by atoms with Gasteiger partial charge >= 0.3 is 0 Å². The van der Waals surface area contributed by atoms with E-state index in [9.17, 15) is 0 Å². The molecule has 1 rings (SSSR count). The second-order valence-electron chi connectivity index (χ2n) is 4.61. The van der Waals surface area contributed by atoms with Crippen LogP contribution < -0.4 is 0 Å². The molecule has 0 aromatic carbocycles. The summed E-state index contributed by atoms with van der Waals surface area (Å²) >= 11 is 0. The van der Waals surface area contributed by atoms with E-state index < -0.39 is 0 Å². The van der Waals surface area contributed by atoms with Gasteiger partial charge in [0.25, 0.3) is 0 Å². The second kappa shape index (κ2) is 4.89. The molecule has 0 radical (unpaired) electrons. The van der Waals surface area contributed by atoms with E-state index in [4.69, 9.17) is 0 Å². The molecule has 1 aliphatic rings. The minimum Gasteiger partial charge on any atom is -0.0654 e. The molecule has 72 valence electrons. The van der Waals surface area contributed by atoms with Crippen molar-refractivity contribution in [1.82, 2.24) is 0 Å². The smallest absolute Gasteiger partial charge is 0.0386 e. The van der Waals surface area contributed by atoms with E-state index >= 15 is 0 Å². The maximum Gasteiger partial charge on any atom is -0.0386 e. The number of hydrogen-bond donors (Lipinski definition) is 0. The minimum absolute atomic E-state index is 0.963. The van der Waals surface area contributed by atoms with Crippen molar-refractivity contribution in [3.05, 3.63) is 0 Å². The van der Waals surface area contributed by atoms with Crippen molar-refractivity contribution in [3.63, 3.8) is 0 Å². The Labute approximate surface area is 77.7 Å². The van der Waals surface area contributed by atoms with Gasteiger partial charge in [-0.1, -0.05) is 52.9 Å². The van der Waals surface area contributed by atoms with Gasteiger partial charge in [0, 0.05) is 0 Å². The lowest BCUT2D eigenvalue weighted by Gasteiger charge is -2.22. The first kappa shape index (κ1) is 10.1. The molecule has 0 nitrogen and oxygen atoms in total. The highest BCUT2D eigenvalue weighted by molar-refractivity contribution is 4.78. The lowest BCUT2D eigenvalue weighted by atomic mass is 9.84. The fraction of sp³-hybridized carbons (Fsp3) is 1.00. The van der Waals surface area contributed by atoms with Crippen LogP contribution in [-0.2, 0) is 0 Å². The van der Waals surface area contributed by atoms with Gasteiger partial charge in [0.2, 0.25) is 0 Å². The van der Waals surface area contributed by atoms with E-state index in [0.29, 0.717) is 0 Å². The average Bonchev–Trinajstić information content (AvgIpc) is 2.86. The predicted molar refractivity (Wildman–Crippen MR) is 55.2 cm³/mol. The molecule has 0 aromatic heterocycles. The lowest BCUT2D eigenvalue weighted by Crippen LogP contribution is -2.11. The molecule has 0 amide bonds. The van der Waals surface area contributed by atoms with Gasteiger partial charge in [-0.3, -0.25) is 0 Å². The van der Waals surface area contributed by atoms with Crippen LogP contribution in [0.25, 0.3) is 0 Å². The van der Waals surface area contributed by atoms with Gasteiger partial charge in [-0.15, -0.1) is 0 Å². The van der Waals surface area contributed by atoms with E-state index in [0.717, 1.165) is 17.8 Å². The predicted octanol–water partition coefficient (Wildman–Crippen LogP) is 4.25. The summed E-state index contributed by atoms with van der Waals surface area (Å²) in [6.07, 6.45) is 8.79. The average molecular weight is 168 g/mol. The van der Waals surface area contributed by atoms with Crippen LogP contribution in [0.1, 0.15) is 59.3 Å². The monoisotopic (exact) mass is 168 g/mol. The van der Waals surface area contributed by atoms with Gasteiger partial charge in [-0.05, 0) is 24.2 Å². The molecular weight excluding hydrogens is 144 g/mol. The molecule has 0 heterocycles. The van der Waals surface area contributed by atoms with E-state index in [1.807, 2.05) is 0 Å². The van der Waals surface area contributed by atoms with Gasteiger partial charge in [0.1, 0.15) is 0 Å². The third-order valence-corrected chi connectivity index (χ3v) is 3.44. The maximum absolute atomic E-state index is 2.43. The quantitative estimate of drug-likeness (QED) is 0.556. The first-order valence-corrected chi connectivity index (χ1v) is 5.77. The molecular formula is C12H24. The highest BCUT2D eigenvalue weighted by Crippen LogP contribution is 2.39. The van der Waals surface area contributed by atoms with Crippen molar-refractivity contribution in [2.45, 2.75) is 59.3 Å². The summed E-state index contributed by atoms with van der Waals surface area (Å²) in [5.74, 6) is 3.12. The SMILES string of the molecule is CCCC(CC1CC1)C(C)CC. The van der Waals surface area contributed by atoms with Crippen LogP contribution >= 0.6 is 0 Å². The molecule has 0 aliphatic heterocycles. The Morgan fingerprint density at radius 3 is 2.33 bits per heavy atom. The molecule has 0 saturated heterocycles. The summed E-state index contributed by atoms with van der Waals surface area (Å²) in [5, 5.41) is 0. The normalized spacial score (nSPS) is 22.2. The Kier molecular flexibility index (Phi) is 4.11. The maximum atomic E-state index is 2.43. The third kappa shape index (κ3) is 3.16. The van der Waals surface area contributed by atoms with Crippen LogP contribution in [0.4, 0.5) is 0 Å². The van der Waals surface area contributed by atoms with Crippen LogP contribution in [0.15, 0.2) is 0 Å². The Morgan fingerprint density at radius 2 is 1.92 bits per heavy atom. The van der Waals surface area contributed by atoms with Gasteiger partial charge < -0.3 is 0 Å². The van der Waals surface area contributed by atoms with Crippen LogP contribution in [0.5, 0.6) is 0 Å². The van der Waals surface area contributed by atoms with E-state index in [1.54, 1.807) is 0 Å². The van der Waals surface area contributed by atoms with Crippen LogP contribution in [0.3, 0.4) is 0 Å². The van der Waals surface area contributed by atoms with Gasteiger partial charge in [0.15, 0.2) is 0 Å². The largest absolute Gasteiger partial charge is 0.0654 e. The fourth-order valence-electron chi connectivity index (χ4n) is 2.12. The zero-order valence-corrected chi connectivity index (χ0v) is 8.97. The molecule has 0 aromatic rings. The van der Waals surface area contributed by atoms with Crippen molar-refractivity contribution in [2.24, 2.45) is 17.8 Å². The van der Waals surface area contributed by atoms with Crippen molar-refractivity contribution in [2.75, 3.05) is 0 Å². The zero-order valence-electron chi connectivity index (χ0n) is 8.97. The lowest BCUT2D eigenvalue weighted by molar-refractivity contribution is 0.292. The van der Waals surface area contributed by atoms with Gasteiger partial charge in [-0.2, -0.15) is 0 Å². The molecule has 2 atom stereocenters. The fourth-order valence-corrected chi connectivity index (χ4v) is 2.12. The molecule has 1 aliphatic carbocycles. The van der Waals surface area contributed by atoms with Crippen LogP contribution in [-0.4, -0.2) is 0 Å². The van der Waals surface area contributed by atoms with E-state index in [2.05, 4.69) is 20.8 Å². The summed E-state index contributed by atoms with van der Waals surface area (Å²) in [5.41, 5.74) is 0. The zero-order chi connectivity index (χ0) is 8.97. The second-order valence-corrected chi connectivity index (χ2v) is 4.61. The number of hydrogen-bond acceptors (Lipinski definition) is 0. The van der Waals surface area contributed by atoms with Crippen LogP contribution in [0.2, 0.25) is 0 Å². The third-order valence-electron chi connectivity index (χ3n) is 3.44. The van der Waals surface area contributed by atoms with Gasteiger partial charge in [0.05, 0.1) is 0 Å². The Balaban J connectivity index is 2.24. The van der Waals surface area contributed by atoms with E-state index in [-0.39, 0.29) is 0 Å².